The second kappa shape index (κ2) is 7.47. The number of nitrogens with one attached hydrogen (secondary N) is 1. The highest BCUT2D eigenvalue weighted by Gasteiger charge is 2.17. The van der Waals surface area contributed by atoms with Gasteiger partial charge in [-0.1, -0.05) is 30.5 Å². The highest BCUT2D eigenvalue weighted by Crippen LogP contribution is 2.21. The number of hydrogen-bond acceptors (Lipinski definition) is 3. The van der Waals surface area contributed by atoms with Crippen LogP contribution in [0.1, 0.15) is 36.0 Å². The van der Waals surface area contributed by atoms with E-state index >= 15 is 0 Å². The minimum atomic E-state index is 0.0640. The van der Waals surface area contributed by atoms with Crippen molar-refractivity contribution in [2.45, 2.75) is 25.7 Å². The predicted octanol–water partition coefficient (Wildman–Crippen LogP) is 4.49. The molecule has 2 heterocycles. The molecule has 0 atom stereocenters. The van der Waals surface area contributed by atoms with E-state index in [1.807, 2.05) is 35.2 Å². The number of anilines is 2. The molecule has 1 aromatic carbocycles. The topological polar surface area (TPSA) is 45.2 Å². The zero-order valence-corrected chi connectivity index (χ0v) is 13.7. The Labute approximate surface area is 141 Å². The van der Waals surface area contributed by atoms with E-state index in [1.54, 1.807) is 12.4 Å². The van der Waals surface area contributed by atoms with Crippen molar-refractivity contribution in [3.8, 4) is 0 Å². The first-order valence-corrected chi connectivity index (χ1v) is 8.37. The molecule has 120 valence electrons. The molecule has 0 unspecified atom stereocenters. The molecular formula is C18H20ClN3O. The molecule has 0 saturated carbocycles. The van der Waals surface area contributed by atoms with E-state index in [1.165, 1.54) is 12.8 Å². The molecule has 1 amide bonds. The second-order valence-electron chi connectivity index (χ2n) is 5.80. The number of amides is 1. The number of benzene rings is 1. The Morgan fingerprint density at radius 3 is 2.57 bits per heavy atom. The number of carbonyl (C=O) groups is 1. The largest absolute Gasteiger partial charge is 0.354 e. The maximum absolute atomic E-state index is 12.6. The number of aromatic nitrogens is 1. The molecule has 1 N–H and O–H groups in total. The number of hydrogen-bond donors (Lipinski definition) is 1. The zero-order chi connectivity index (χ0) is 16.1. The van der Waals surface area contributed by atoms with Gasteiger partial charge in [0.2, 0.25) is 0 Å². The summed E-state index contributed by atoms with van der Waals surface area (Å²) in [6.45, 7) is 1.68. The van der Waals surface area contributed by atoms with Crippen LogP contribution in [0.4, 0.5) is 11.4 Å². The Balaban J connectivity index is 1.75. The van der Waals surface area contributed by atoms with Crippen LogP contribution in [0.5, 0.6) is 0 Å². The molecular weight excluding hydrogens is 310 g/mol. The second-order valence-corrected chi connectivity index (χ2v) is 6.24. The fourth-order valence-corrected chi connectivity index (χ4v) is 3.00. The first-order valence-electron chi connectivity index (χ1n) is 7.99. The third-order valence-electron chi connectivity index (χ3n) is 3.99. The predicted molar refractivity (Wildman–Crippen MR) is 93.3 cm³/mol. The van der Waals surface area contributed by atoms with Crippen LogP contribution in [0.15, 0.2) is 42.7 Å². The maximum Gasteiger partial charge on any atom is 0.255 e. The van der Waals surface area contributed by atoms with Crippen molar-refractivity contribution in [1.29, 1.82) is 0 Å². The minimum Gasteiger partial charge on any atom is -0.354 e. The summed E-state index contributed by atoms with van der Waals surface area (Å²) < 4.78 is 0. The SMILES string of the molecule is O=C(c1cncc(Nc2cccc(Cl)c2)c1)N1CCCCCC1. The third kappa shape index (κ3) is 4.23. The summed E-state index contributed by atoms with van der Waals surface area (Å²) in [5.74, 6) is 0.0640. The standard InChI is InChI=1S/C18H20ClN3O/c19-15-6-5-7-16(11-15)21-17-10-14(12-20-13-17)18(23)22-8-3-1-2-4-9-22/h5-7,10-13,21H,1-4,8-9H2. The number of pyridine rings is 1. The molecule has 23 heavy (non-hydrogen) atoms. The number of halogens is 1. The molecule has 1 aromatic heterocycles. The van der Waals surface area contributed by atoms with Crippen LogP contribution in [-0.4, -0.2) is 28.9 Å². The molecule has 0 radical (unpaired) electrons. The van der Waals surface area contributed by atoms with Crippen LogP contribution in [0.2, 0.25) is 5.02 Å². The van der Waals surface area contributed by atoms with E-state index in [0.717, 1.165) is 37.3 Å². The number of rotatable bonds is 3. The van der Waals surface area contributed by atoms with Gasteiger partial charge in [0.05, 0.1) is 17.4 Å². The smallest absolute Gasteiger partial charge is 0.255 e. The lowest BCUT2D eigenvalue weighted by molar-refractivity contribution is 0.0761. The van der Waals surface area contributed by atoms with Crippen molar-refractivity contribution in [2.24, 2.45) is 0 Å². The van der Waals surface area contributed by atoms with Crippen molar-refractivity contribution in [3.63, 3.8) is 0 Å². The Morgan fingerprint density at radius 1 is 1.04 bits per heavy atom. The van der Waals surface area contributed by atoms with Gasteiger partial charge >= 0.3 is 0 Å². The fraction of sp³-hybridized carbons (Fsp3) is 0.333. The van der Waals surface area contributed by atoms with Crippen molar-refractivity contribution in [2.75, 3.05) is 18.4 Å². The molecule has 4 nitrogen and oxygen atoms in total. The van der Waals surface area contributed by atoms with E-state index in [0.29, 0.717) is 10.6 Å². The van der Waals surface area contributed by atoms with E-state index < -0.39 is 0 Å². The fourth-order valence-electron chi connectivity index (χ4n) is 2.81. The summed E-state index contributed by atoms with van der Waals surface area (Å²) in [6, 6.07) is 9.32. The maximum atomic E-state index is 12.6. The summed E-state index contributed by atoms with van der Waals surface area (Å²) in [5, 5.41) is 3.90. The van der Waals surface area contributed by atoms with Gasteiger partial charge in [-0.05, 0) is 37.1 Å². The lowest BCUT2D eigenvalue weighted by Gasteiger charge is -2.20. The van der Waals surface area contributed by atoms with Crippen LogP contribution in [-0.2, 0) is 0 Å². The minimum absolute atomic E-state index is 0.0640. The van der Waals surface area contributed by atoms with Gasteiger partial charge in [-0.25, -0.2) is 0 Å². The highest BCUT2D eigenvalue weighted by molar-refractivity contribution is 6.30. The van der Waals surface area contributed by atoms with Gasteiger partial charge in [0.1, 0.15) is 0 Å². The molecule has 0 aliphatic carbocycles. The average molecular weight is 330 g/mol. The summed E-state index contributed by atoms with van der Waals surface area (Å²) in [5.41, 5.74) is 2.28. The molecule has 2 aromatic rings. The summed E-state index contributed by atoms with van der Waals surface area (Å²) in [6.07, 6.45) is 7.92. The molecule has 3 rings (SSSR count). The molecule has 0 spiro atoms. The van der Waals surface area contributed by atoms with E-state index in [9.17, 15) is 4.79 Å². The van der Waals surface area contributed by atoms with Crippen molar-refractivity contribution < 1.29 is 4.79 Å². The highest BCUT2D eigenvalue weighted by atomic mass is 35.5. The Hall–Kier alpha value is -2.07. The monoisotopic (exact) mass is 329 g/mol. The molecule has 1 aliphatic rings. The van der Waals surface area contributed by atoms with Gasteiger partial charge in [0.25, 0.3) is 5.91 Å². The van der Waals surface area contributed by atoms with Gasteiger partial charge in [0.15, 0.2) is 0 Å². The molecule has 0 bridgehead atoms. The Kier molecular flexibility index (Phi) is 5.13. The lowest BCUT2D eigenvalue weighted by Crippen LogP contribution is -2.31. The van der Waals surface area contributed by atoms with Gasteiger partial charge in [-0.3, -0.25) is 9.78 Å². The molecule has 1 aliphatic heterocycles. The van der Waals surface area contributed by atoms with Gasteiger partial charge < -0.3 is 10.2 Å². The summed E-state index contributed by atoms with van der Waals surface area (Å²) in [7, 11) is 0. The third-order valence-corrected chi connectivity index (χ3v) is 4.23. The molecule has 1 fully saturated rings. The van der Waals surface area contributed by atoms with Crippen LogP contribution < -0.4 is 5.32 Å². The zero-order valence-electron chi connectivity index (χ0n) is 13.0. The Bertz CT molecular complexity index is 681. The van der Waals surface area contributed by atoms with Crippen molar-refractivity contribution in [3.05, 3.63) is 53.3 Å². The number of likely N-dealkylation sites (tertiary alicyclic amines) is 1. The normalized spacial score (nSPS) is 15.1. The molecule has 5 heteroatoms. The van der Waals surface area contributed by atoms with Crippen LogP contribution in [0.3, 0.4) is 0 Å². The van der Waals surface area contributed by atoms with Crippen LogP contribution in [0, 0.1) is 0 Å². The van der Waals surface area contributed by atoms with Crippen molar-refractivity contribution in [1.82, 2.24) is 9.88 Å². The quantitative estimate of drug-likeness (QED) is 0.902. The van der Waals surface area contributed by atoms with Crippen LogP contribution in [0.25, 0.3) is 0 Å². The lowest BCUT2D eigenvalue weighted by atomic mass is 10.2. The summed E-state index contributed by atoms with van der Waals surface area (Å²) >= 11 is 5.99. The number of nitrogens with zero attached hydrogens (tertiary/aromatic N) is 2. The molecule has 1 saturated heterocycles. The first kappa shape index (κ1) is 15.8. The van der Waals surface area contributed by atoms with E-state index in [2.05, 4.69) is 10.3 Å². The number of carbonyl (C=O) groups excluding carboxylic acids is 1. The Morgan fingerprint density at radius 2 is 1.83 bits per heavy atom. The van der Waals surface area contributed by atoms with Gasteiger partial charge in [0, 0.05) is 30.0 Å². The van der Waals surface area contributed by atoms with Gasteiger partial charge in [-0.15, -0.1) is 0 Å². The van der Waals surface area contributed by atoms with E-state index in [-0.39, 0.29) is 5.91 Å². The van der Waals surface area contributed by atoms with E-state index in [4.69, 9.17) is 11.6 Å². The first-order chi connectivity index (χ1) is 11.2. The average Bonchev–Trinajstić information content (AvgIpc) is 2.84. The van der Waals surface area contributed by atoms with Crippen molar-refractivity contribution >= 4 is 28.9 Å². The van der Waals surface area contributed by atoms with Crippen LogP contribution >= 0.6 is 11.6 Å². The summed E-state index contributed by atoms with van der Waals surface area (Å²) in [4.78, 5) is 18.8. The van der Waals surface area contributed by atoms with Gasteiger partial charge in [-0.2, -0.15) is 0 Å².